The highest BCUT2D eigenvalue weighted by molar-refractivity contribution is 5.67. The summed E-state index contributed by atoms with van der Waals surface area (Å²) in [5, 5.41) is 6.12. The van der Waals surface area contributed by atoms with Crippen molar-refractivity contribution >= 4 is 6.09 Å². The van der Waals surface area contributed by atoms with Crippen molar-refractivity contribution in [1.29, 1.82) is 0 Å². The van der Waals surface area contributed by atoms with Crippen molar-refractivity contribution in [2.75, 3.05) is 19.6 Å². The molecule has 0 atom stereocenters. The standard InChI is InChI=1S/C13H28N2O2/c1-11(2)10-14-8-6-7-9-15-12(16)17-13(3,4)5/h11,14H,6-10H2,1-5H3,(H,15,16). The van der Waals surface area contributed by atoms with E-state index in [0.29, 0.717) is 12.5 Å². The molecule has 0 saturated heterocycles. The molecule has 0 spiro atoms. The van der Waals surface area contributed by atoms with Crippen LogP contribution in [0.2, 0.25) is 0 Å². The molecule has 1 amide bonds. The average molecular weight is 244 g/mol. The second-order valence-electron chi connectivity index (χ2n) is 5.73. The Morgan fingerprint density at radius 3 is 2.29 bits per heavy atom. The molecule has 0 aliphatic rings. The minimum Gasteiger partial charge on any atom is -0.444 e. The zero-order valence-corrected chi connectivity index (χ0v) is 11.9. The van der Waals surface area contributed by atoms with Gasteiger partial charge in [-0.1, -0.05) is 13.8 Å². The summed E-state index contributed by atoms with van der Waals surface area (Å²) in [5.74, 6) is 0.690. The molecule has 4 nitrogen and oxygen atoms in total. The number of hydrogen-bond acceptors (Lipinski definition) is 3. The Balaban J connectivity index is 3.31. The van der Waals surface area contributed by atoms with Crippen molar-refractivity contribution in [1.82, 2.24) is 10.6 Å². The fourth-order valence-electron chi connectivity index (χ4n) is 1.27. The van der Waals surface area contributed by atoms with E-state index in [-0.39, 0.29) is 6.09 Å². The second kappa shape index (κ2) is 8.34. The second-order valence-corrected chi connectivity index (χ2v) is 5.73. The fourth-order valence-corrected chi connectivity index (χ4v) is 1.27. The minimum atomic E-state index is -0.414. The molecule has 17 heavy (non-hydrogen) atoms. The summed E-state index contributed by atoms with van der Waals surface area (Å²) in [7, 11) is 0. The normalized spacial score (nSPS) is 11.6. The van der Waals surface area contributed by atoms with Crippen LogP contribution < -0.4 is 10.6 Å². The summed E-state index contributed by atoms with van der Waals surface area (Å²) >= 11 is 0. The first-order valence-corrected chi connectivity index (χ1v) is 6.49. The molecule has 0 aromatic heterocycles. The number of carbonyl (C=O) groups excluding carboxylic acids is 1. The summed E-state index contributed by atoms with van der Waals surface area (Å²) in [5.41, 5.74) is -0.414. The van der Waals surface area contributed by atoms with Gasteiger partial charge in [0.15, 0.2) is 0 Å². The first kappa shape index (κ1) is 16.2. The van der Waals surface area contributed by atoms with Crippen LogP contribution >= 0.6 is 0 Å². The van der Waals surface area contributed by atoms with Gasteiger partial charge >= 0.3 is 6.09 Å². The van der Waals surface area contributed by atoms with E-state index < -0.39 is 5.60 Å². The molecule has 0 aromatic rings. The summed E-state index contributed by atoms with van der Waals surface area (Å²) < 4.78 is 5.13. The number of rotatable bonds is 7. The zero-order chi connectivity index (χ0) is 13.3. The van der Waals surface area contributed by atoms with Crippen LogP contribution in [0, 0.1) is 5.92 Å². The molecule has 0 bridgehead atoms. The summed E-state index contributed by atoms with van der Waals surface area (Å²) in [6.07, 6.45) is 1.72. The fraction of sp³-hybridized carbons (Fsp3) is 0.923. The molecule has 0 rings (SSSR count). The number of nitrogens with one attached hydrogen (secondary N) is 2. The Bertz CT molecular complexity index is 210. The van der Waals surface area contributed by atoms with Crippen LogP contribution in [0.15, 0.2) is 0 Å². The highest BCUT2D eigenvalue weighted by Gasteiger charge is 2.15. The lowest BCUT2D eigenvalue weighted by molar-refractivity contribution is 0.0527. The number of alkyl carbamates (subject to hydrolysis) is 1. The maximum absolute atomic E-state index is 11.3. The summed E-state index contributed by atoms with van der Waals surface area (Å²) in [4.78, 5) is 11.3. The Morgan fingerprint density at radius 2 is 1.76 bits per heavy atom. The molecule has 102 valence electrons. The molecule has 0 aromatic carbocycles. The molecular formula is C13H28N2O2. The maximum Gasteiger partial charge on any atom is 0.407 e. The Hall–Kier alpha value is -0.770. The molecular weight excluding hydrogens is 216 g/mol. The number of unbranched alkanes of at least 4 members (excludes halogenated alkanes) is 1. The van der Waals surface area contributed by atoms with Crippen molar-refractivity contribution in [3.63, 3.8) is 0 Å². The van der Waals surface area contributed by atoms with Gasteiger partial charge in [-0.15, -0.1) is 0 Å². The molecule has 0 unspecified atom stereocenters. The lowest BCUT2D eigenvalue weighted by atomic mass is 10.2. The average Bonchev–Trinajstić information content (AvgIpc) is 2.12. The van der Waals surface area contributed by atoms with Gasteiger partial charge in [0.2, 0.25) is 0 Å². The highest BCUT2D eigenvalue weighted by atomic mass is 16.6. The van der Waals surface area contributed by atoms with Crippen LogP contribution in [-0.4, -0.2) is 31.3 Å². The predicted octanol–water partition coefficient (Wildman–Crippen LogP) is 2.54. The van der Waals surface area contributed by atoms with Gasteiger partial charge in [-0.3, -0.25) is 0 Å². The molecule has 0 radical (unpaired) electrons. The van der Waals surface area contributed by atoms with E-state index in [1.54, 1.807) is 0 Å². The molecule has 2 N–H and O–H groups in total. The smallest absolute Gasteiger partial charge is 0.407 e. The third-order valence-corrected chi connectivity index (χ3v) is 2.00. The van der Waals surface area contributed by atoms with Gasteiger partial charge in [-0.05, 0) is 52.6 Å². The number of amides is 1. The Morgan fingerprint density at radius 1 is 1.18 bits per heavy atom. The number of ether oxygens (including phenoxy) is 1. The molecule has 0 saturated carbocycles. The quantitative estimate of drug-likeness (QED) is 0.677. The first-order valence-electron chi connectivity index (χ1n) is 6.49. The van der Waals surface area contributed by atoms with E-state index in [4.69, 9.17) is 4.74 Å². The van der Waals surface area contributed by atoms with Gasteiger partial charge in [0, 0.05) is 6.54 Å². The van der Waals surface area contributed by atoms with Crippen LogP contribution in [0.5, 0.6) is 0 Å². The van der Waals surface area contributed by atoms with E-state index in [9.17, 15) is 4.79 Å². The van der Waals surface area contributed by atoms with E-state index in [2.05, 4.69) is 24.5 Å². The van der Waals surface area contributed by atoms with Crippen molar-refractivity contribution < 1.29 is 9.53 Å². The number of hydrogen-bond donors (Lipinski definition) is 2. The van der Waals surface area contributed by atoms with Gasteiger partial charge in [0.1, 0.15) is 5.60 Å². The van der Waals surface area contributed by atoms with Crippen molar-refractivity contribution in [3.05, 3.63) is 0 Å². The third-order valence-electron chi connectivity index (χ3n) is 2.00. The van der Waals surface area contributed by atoms with Gasteiger partial charge in [0.05, 0.1) is 0 Å². The Kier molecular flexibility index (Phi) is 7.96. The topological polar surface area (TPSA) is 50.4 Å². The first-order chi connectivity index (χ1) is 7.81. The van der Waals surface area contributed by atoms with Crippen molar-refractivity contribution in [3.8, 4) is 0 Å². The minimum absolute atomic E-state index is 0.326. The molecule has 0 fully saturated rings. The van der Waals surface area contributed by atoms with E-state index in [0.717, 1.165) is 25.9 Å². The van der Waals surface area contributed by atoms with E-state index in [1.165, 1.54) is 0 Å². The van der Waals surface area contributed by atoms with E-state index >= 15 is 0 Å². The molecule has 0 aliphatic heterocycles. The lowest BCUT2D eigenvalue weighted by Gasteiger charge is -2.19. The van der Waals surface area contributed by atoms with Crippen LogP contribution in [0.4, 0.5) is 4.79 Å². The predicted molar refractivity (Wildman–Crippen MR) is 71.2 cm³/mol. The van der Waals surface area contributed by atoms with Crippen molar-refractivity contribution in [2.45, 2.75) is 53.1 Å². The van der Waals surface area contributed by atoms with Crippen LogP contribution in [0.25, 0.3) is 0 Å². The van der Waals surface area contributed by atoms with Gasteiger partial charge in [0.25, 0.3) is 0 Å². The van der Waals surface area contributed by atoms with Crippen LogP contribution in [0.1, 0.15) is 47.5 Å². The summed E-state index contributed by atoms with van der Waals surface area (Å²) in [6, 6.07) is 0. The van der Waals surface area contributed by atoms with Crippen LogP contribution in [0.3, 0.4) is 0 Å². The van der Waals surface area contributed by atoms with Gasteiger partial charge < -0.3 is 15.4 Å². The lowest BCUT2D eigenvalue weighted by Crippen LogP contribution is -2.33. The summed E-state index contributed by atoms with van der Waals surface area (Å²) in [6.45, 7) is 12.7. The van der Waals surface area contributed by atoms with Gasteiger partial charge in [-0.25, -0.2) is 4.79 Å². The van der Waals surface area contributed by atoms with Gasteiger partial charge in [-0.2, -0.15) is 0 Å². The monoisotopic (exact) mass is 244 g/mol. The maximum atomic E-state index is 11.3. The molecule has 0 aliphatic carbocycles. The van der Waals surface area contributed by atoms with Crippen LogP contribution in [-0.2, 0) is 4.74 Å². The molecule has 0 heterocycles. The highest BCUT2D eigenvalue weighted by Crippen LogP contribution is 2.06. The largest absolute Gasteiger partial charge is 0.444 e. The Labute approximate surface area is 105 Å². The number of carbonyl (C=O) groups is 1. The SMILES string of the molecule is CC(C)CNCCCCNC(=O)OC(C)(C)C. The third kappa shape index (κ3) is 13.2. The van der Waals surface area contributed by atoms with Crippen molar-refractivity contribution in [2.24, 2.45) is 5.92 Å². The molecule has 4 heteroatoms. The zero-order valence-electron chi connectivity index (χ0n) is 11.9. The van der Waals surface area contributed by atoms with E-state index in [1.807, 2.05) is 20.8 Å².